The van der Waals surface area contributed by atoms with Crippen LogP contribution in [0.2, 0.25) is 0 Å². The molecule has 3 rings (SSSR count). The van der Waals surface area contributed by atoms with Crippen molar-refractivity contribution in [2.45, 2.75) is 6.61 Å². The molecule has 3 aromatic rings. The van der Waals surface area contributed by atoms with Gasteiger partial charge in [-0.05, 0) is 48.0 Å². The first-order chi connectivity index (χ1) is 13.6. The second-order valence-electron chi connectivity index (χ2n) is 5.97. The molecule has 5 nitrogen and oxygen atoms in total. The highest BCUT2D eigenvalue weighted by Gasteiger charge is 2.11. The van der Waals surface area contributed by atoms with E-state index in [1.807, 2.05) is 0 Å². The summed E-state index contributed by atoms with van der Waals surface area (Å²) in [5, 5.41) is 2.83. The van der Waals surface area contributed by atoms with Crippen molar-refractivity contribution in [2.75, 3.05) is 19.5 Å². The van der Waals surface area contributed by atoms with E-state index in [9.17, 15) is 9.18 Å². The largest absolute Gasteiger partial charge is 0.493 e. The monoisotopic (exact) mass is 381 g/mol. The summed E-state index contributed by atoms with van der Waals surface area (Å²) < 4.78 is 29.1. The molecule has 0 unspecified atom stereocenters. The second-order valence-corrected chi connectivity index (χ2v) is 5.97. The van der Waals surface area contributed by atoms with Crippen molar-refractivity contribution < 1.29 is 23.4 Å². The first-order valence-electron chi connectivity index (χ1n) is 8.59. The minimum absolute atomic E-state index is 0.281. The van der Waals surface area contributed by atoms with E-state index < -0.39 is 0 Å². The van der Waals surface area contributed by atoms with Crippen molar-refractivity contribution in [2.24, 2.45) is 0 Å². The summed E-state index contributed by atoms with van der Waals surface area (Å²) in [4.78, 5) is 12.5. The summed E-state index contributed by atoms with van der Waals surface area (Å²) in [7, 11) is 3.05. The van der Waals surface area contributed by atoms with Crippen LogP contribution in [0.5, 0.6) is 17.2 Å². The van der Waals surface area contributed by atoms with E-state index in [4.69, 9.17) is 14.2 Å². The predicted molar refractivity (Wildman–Crippen MR) is 105 cm³/mol. The predicted octanol–water partition coefficient (Wildman–Crippen LogP) is 4.67. The molecular formula is C22H20FNO4. The summed E-state index contributed by atoms with van der Waals surface area (Å²) in [6.45, 7) is 0.299. The fraction of sp³-hybridized carbons (Fsp3) is 0.136. The van der Waals surface area contributed by atoms with E-state index in [1.54, 1.807) is 54.6 Å². The van der Waals surface area contributed by atoms with Crippen LogP contribution in [0.3, 0.4) is 0 Å². The van der Waals surface area contributed by atoms with Crippen molar-refractivity contribution in [1.29, 1.82) is 0 Å². The summed E-state index contributed by atoms with van der Waals surface area (Å²) in [5.74, 6) is 1.05. The molecule has 0 bridgehead atoms. The van der Waals surface area contributed by atoms with Crippen LogP contribution in [-0.2, 0) is 6.61 Å². The average molecular weight is 381 g/mol. The molecule has 0 radical (unpaired) electrons. The van der Waals surface area contributed by atoms with Gasteiger partial charge in [0.2, 0.25) is 0 Å². The van der Waals surface area contributed by atoms with Crippen molar-refractivity contribution in [3.8, 4) is 17.2 Å². The van der Waals surface area contributed by atoms with Crippen molar-refractivity contribution in [1.82, 2.24) is 0 Å². The molecule has 144 valence electrons. The number of amides is 1. The number of halogens is 1. The molecule has 28 heavy (non-hydrogen) atoms. The Balaban J connectivity index is 1.66. The van der Waals surface area contributed by atoms with E-state index in [0.29, 0.717) is 35.1 Å². The van der Waals surface area contributed by atoms with Gasteiger partial charge in [0, 0.05) is 17.3 Å². The molecular weight excluding hydrogens is 361 g/mol. The van der Waals surface area contributed by atoms with Gasteiger partial charge in [0.15, 0.2) is 11.5 Å². The quantitative estimate of drug-likeness (QED) is 0.646. The van der Waals surface area contributed by atoms with Crippen molar-refractivity contribution in [3.05, 3.63) is 83.7 Å². The molecule has 0 aliphatic carbocycles. The minimum atomic E-state index is -0.288. The maximum Gasteiger partial charge on any atom is 0.255 e. The fourth-order valence-corrected chi connectivity index (χ4v) is 2.59. The number of carbonyl (C=O) groups is 1. The van der Waals surface area contributed by atoms with Gasteiger partial charge in [-0.25, -0.2) is 4.39 Å². The minimum Gasteiger partial charge on any atom is -0.493 e. The Bertz CT molecular complexity index is 957. The molecule has 0 heterocycles. The number of anilines is 1. The number of hydrogen-bond donors (Lipinski definition) is 1. The van der Waals surface area contributed by atoms with E-state index in [2.05, 4.69) is 5.32 Å². The Morgan fingerprint density at radius 3 is 2.39 bits per heavy atom. The lowest BCUT2D eigenvalue weighted by atomic mass is 10.2. The third-order valence-corrected chi connectivity index (χ3v) is 4.06. The Morgan fingerprint density at radius 1 is 0.929 bits per heavy atom. The molecule has 0 fully saturated rings. The lowest BCUT2D eigenvalue weighted by Gasteiger charge is -2.11. The second kappa shape index (κ2) is 8.90. The lowest BCUT2D eigenvalue weighted by Crippen LogP contribution is -2.12. The highest BCUT2D eigenvalue weighted by atomic mass is 19.1. The molecule has 0 saturated carbocycles. The number of rotatable bonds is 7. The van der Waals surface area contributed by atoms with Gasteiger partial charge in [-0.3, -0.25) is 4.79 Å². The highest BCUT2D eigenvalue weighted by Crippen LogP contribution is 2.28. The lowest BCUT2D eigenvalue weighted by molar-refractivity contribution is 0.102. The summed E-state index contributed by atoms with van der Waals surface area (Å²) >= 11 is 0. The summed E-state index contributed by atoms with van der Waals surface area (Å²) in [5.41, 5.74) is 1.88. The number of ether oxygens (including phenoxy) is 3. The Morgan fingerprint density at radius 2 is 1.68 bits per heavy atom. The van der Waals surface area contributed by atoms with Gasteiger partial charge in [-0.15, -0.1) is 0 Å². The molecule has 0 spiro atoms. The molecule has 0 saturated heterocycles. The van der Waals surface area contributed by atoms with Gasteiger partial charge in [-0.1, -0.05) is 18.2 Å². The van der Waals surface area contributed by atoms with Crippen LogP contribution >= 0.6 is 0 Å². The van der Waals surface area contributed by atoms with Crippen LogP contribution in [-0.4, -0.2) is 20.1 Å². The number of nitrogens with one attached hydrogen (secondary N) is 1. The standard InChI is InChI=1S/C22H20FNO4/c1-26-20-11-8-16(12-21(20)27-2)22(25)24-18-4-3-5-19(13-18)28-14-15-6-9-17(23)10-7-15/h3-13H,14H2,1-2H3,(H,24,25). The molecule has 6 heteroatoms. The number of carbonyl (C=O) groups excluding carboxylic acids is 1. The molecule has 1 amide bonds. The molecule has 0 aliphatic heterocycles. The topological polar surface area (TPSA) is 56.8 Å². The fourth-order valence-electron chi connectivity index (χ4n) is 2.59. The van der Waals surface area contributed by atoms with Gasteiger partial charge < -0.3 is 19.5 Å². The highest BCUT2D eigenvalue weighted by molar-refractivity contribution is 6.04. The van der Waals surface area contributed by atoms with Gasteiger partial charge in [0.05, 0.1) is 14.2 Å². The van der Waals surface area contributed by atoms with Gasteiger partial charge in [-0.2, -0.15) is 0 Å². The Kier molecular flexibility index (Phi) is 6.11. The summed E-state index contributed by atoms with van der Waals surface area (Å²) in [6.07, 6.45) is 0. The van der Waals surface area contributed by atoms with Crippen LogP contribution in [0.15, 0.2) is 66.7 Å². The number of methoxy groups -OCH3 is 2. The zero-order chi connectivity index (χ0) is 19.9. The van der Waals surface area contributed by atoms with Crippen molar-refractivity contribution in [3.63, 3.8) is 0 Å². The normalized spacial score (nSPS) is 10.2. The van der Waals surface area contributed by atoms with Crippen LogP contribution in [0.25, 0.3) is 0 Å². The van der Waals surface area contributed by atoms with Crippen LogP contribution in [0, 0.1) is 5.82 Å². The van der Waals surface area contributed by atoms with Crippen LogP contribution < -0.4 is 19.5 Å². The number of hydrogen-bond acceptors (Lipinski definition) is 4. The maximum absolute atomic E-state index is 13.0. The van der Waals surface area contributed by atoms with E-state index >= 15 is 0 Å². The molecule has 3 aromatic carbocycles. The van der Waals surface area contributed by atoms with Crippen LogP contribution in [0.1, 0.15) is 15.9 Å². The first-order valence-corrected chi connectivity index (χ1v) is 8.59. The van der Waals surface area contributed by atoms with Crippen molar-refractivity contribution >= 4 is 11.6 Å². The van der Waals surface area contributed by atoms with Gasteiger partial charge >= 0.3 is 0 Å². The smallest absolute Gasteiger partial charge is 0.255 e. The van der Waals surface area contributed by atoms with Crippen LogP contribution in [0.4, 0.5) is 10.1 Å². The van der Waals surface area contributed by atoms with Gasteiger partial charge in [0.25, 0.3) is 5.91 Å². The zero-order valence-corrected chi connectivity index (χ0v) is 15.6. The average Bonchev–Trinajstić information content (AvgIpc) is 2.73. The SMILES string of the molecule is COc1ccc(C(=O)Nc2cccc(OCc3ccc(F)cc3)c2)cc1OC. The first kappa shape index (κ1) is 19.2. The van der Waals surface area contributed by atoms with E-state index in [-0.39, 0.29) is 11.7 Å². The van der Waals surface area contributed by atoms with E-state index in [1.165, 1.54) is 26.4 Å². The third kappa shape index (κ3) is 4.79. The van der Waals surface area contributed by atoms with Gasteiger partial charge in [0.1, 0.15) is 18.2 Å². The third-order valence-electron chi connectivity index (χ3n) is 4.06. The molecule has 0 atom stereocenters. The Labute approximate surface area is 162 Å². The molecule has 0 aliphatic rings. The van der Waals surface area contributed by atoms with E-state index in [0.717, 1.165) is 5.56 Å². The molecule has 0 aromatic heterocycles. The zero-order valence-electron chi connectivity index (χ0n) is 15.6. The molecule has 1 N–H and O–H groups in total. The maximum atomic E-state index is 13.0. The number of benzene rings is 3. The Hall–Kier alpha value is -3.54. The summed E-state index contributed by atoms with van der Waals surface area (Å²) in [6, 6.07) is 18.1.